The monoisotopic (exact) mass is 1100 g/mol. The molecular weight excluding hydrogens is 1010 g/mol. The van der Waals surface area contributed by atoms with Gasteiger partial charge in [0, 0.05) is 13.0 Å². The Morgan fingerprint density at radius 3 is 1.58 bits per heavy atom. The maximum atomic E-state index is 14.1. The van der Waals surface area contributed by atoms with Gasteiger partial charge in [-0.25, -0.2) is 0 Å². The molecule has 1 fully saturated rings. The Morgan fingerprint density at radius 2 is 1.06 bits per heavy atom. The van der Waals surface area contributed by atoms with Crippen LogP contribution in [0, 0.1) is 5.92 Å². The molecule has 440 valence electrons. The van der Waals surface area contributed by atoms with Crippen LogP contribution in [0.15, 0.2) is 0 Å². The molecule has 0 aromatic rings. The highest BCUT2D eigenvalue weighted by molar-refractivity contribution is 5.98. The summed E-state index contributed by atoms with van der Waals surface area (Å²) in [6, 6.07) is -13.9. The van der Waals surface area contributed by atoms with Gasteiger partial charge in [-0.15, -0.1) is 0 Å². The molecule has 0 bridgehead atoms. The molecule has 11 amide bonds. The second kappa shape index (κ2) is 36.8. The highest BCUT2D eigenvalue weighted by Crippen LogP contribution is 2.13. The third-order valence-corrected chi connectivity index (χ3v) is 12.5. The number of nitrogens with two attached hydrogens (primary N) is 5. The molecule has 24 N–H and O–H groups in total. The minimum Gasteiger partial charge on any atom is -0.391 e. The molecule has 0 unspecified atom stereocenters. The van der Waals surface area contributed by atoms with Crippen LogP contribution in [0.3, 0.4) is 0 Å². The molecule has 0 radical (unpaired) electrons. The van der Waals surface area contributed by atoms with Crippen LogP contribution in [0.5, 0.6) is 0 Å². The first-order chi connectivity index (χ1) is 36.4. The molecule has 0 aliphatic carbocycles. The summed E-state index contributed by atoms with van der Waals surface area (Å²) in [7, 11) is 0. The molecule has 13 atom stereocenters. The standard InChI is InChI=1S/C47H88N16O14/c1-6-24(2)9-7-8-10-34(67)55-29(12-18-49)43(73)63-38(27(5)66)47(77)60-31(14-20-51)41(71)58-33-16-22-53-45(75)36(25(3)64)62-44(74)32(15-21-52)57-40(70)30(13-19-50)59-46(76)37(26(4)65)61-35(68)23-54-39(69)28(11-17-48)56-42(33)72/h24-33,36-38,64-66H,6-23,48-52H2,1-5H3,(H,53,75)(H,54,69)(H,55,67)(H,56,72)(H,57,70)(H,58,71)(H,59,76)(H,60,77)(H,61,68)(H,62,74)(H,63,73)/t24-,25+,26+,27+,28-,29-,30-,31+,32-,33-,36-,37-,38-/m0/s1. The van der Waals surface area contributed by atoms with E-state index >= 15 is 0 Å². The second-order valence-electron chi connectivity index (χ2n) is 19.1. The fourth-order valence-electron chi connectivity index (χ4n) is 7.72. The normalized spacial score (nSPS) is 23.5. The van der Waals surface area contributed by atoms with Crippen LogP contribution >= 0.6 is 0 Å². The molecule has 30 heteroatoms. The predicted octanol–water partition coefficient (Wildman–Crippen LogP) is -8.52. The first-order valence-corrected chi connectivity index (χ1v) is 26.2. The van der Waals surface area contributed by atoms with Gasteiger partial charge in [-0.05, 0) is 104 Å². The summed E-state index contributed by atoms with van der Waals surface area (Å²) in [5.74, 6) is -9.93. The van der Waals surface area contributed by atoms with Gasteiger partial charge in [0.25, 0.3) is 0 Å². The van der Waals surface area contributed by atoms with Gasteiger partial charge < -0.3 is 102 Å². The molecule has 1 aliphatic rings. The lowest BCUT2D eigenvalue weighted by Crippen LogP contribution is -2.61. The summed E-state index contributed by atoms with van der Waals surface area (Å²) in [5, 5.41) is 58.3. The van der Waals surface area contributed by atoms with Crippen LogP contribution in [0.1, 0.15) is 105 Å². The maximum absolute atomic E-state index is 14.1. The number of rotatable bonds is 26. The Morgan fingerprint density at radius 1 is 0.558 bits per heavy atom. The van der Waals surface area contributed by atoms with E-state index in [4.69, 9.17) is 28.7 Å². The molecule has 1 saturated heterocycles. The van der Waals surface area contributed by atoms with Crippen molar-refractivity contribution in [1.29, 1.82) is 0 Å². The molecular formula is C47H88N16O14. The third-order valence-electron chi connectivity index (χ3n) is 12.5. The molecule has 1 heterocycles. The number of aliphatic hydroxyl groups excluding tert-OH is 3. The lowest BCUT2D eigenvalue weighted by molar-refractivity contribution is -0.137. The van der Waals surface area contributed by atoms with Crippen LogP contribution in [0.2, 0.25) is 0 Å². The highest BCUT2D eigenvalue weighted by atomic mass is 16.3. The maximum Gasteiger partial charge on any atom is 0.245 e. The topological polar surface area (TPSA) is 511 Å². The van der Waals surface area contributed by atoms with Crippen molar-refractivity contribution >= 4 is 65.0 Å². The van der Waals surface area contributed by atoms with E-state index in [0.29, 0.717) is 12.3 Å². The van der Waals surface area contributed by atoms with Crippen LogP contribution in [0.4, 0.5) is 0 Å². The summed E-state index contributed by atoms with van der Waals surface area (Å²) in [6.45, 7) is 5.62. The van der Waals surface area contributed by atoms with Crippen molar-refractivity contribution in [2.45, 2.75) is 178 Å². The third kappa shape index (κ3) is 25.3. The van der Waals surface area contributed by atoms with E-state index < -0.39 is 157 Å². The van der Waals surface area contributed by atoms with Crippen molar-refractivity contribution in [2.75, 3.05) is 45.8 Å². The summed E-state index contributed by atoms with van der Waals surface area (Å²) in [5.41, 5.74) is 28.8. The van der Waals surface area contributed by atoms with E-state index in [1.165, 1.54) is 13.8 Å². The van der Waals surface area contributed by atoms with Gasteiger partial charge in [-0.3, -0.25) is 52.7 Å². The van der Waals surface area contributed by atoms with Crippen LogP contribution in [0.25, 0.3) is 0 Å². The van der Waals surface area contributed by atoms with Gasteiger partial charge in [-0.1, -0.05) is 33.1 Å². The smallest absolute Gasteiger partial charge is 0.245 e. The van der Waals surface area contributed by atoms with Crippen molar-refractivity contribution in [1.82, 2.24) is 58.5 Å². The van der Waals surface area contributed by atoms with Gasteiger partial charge in [0.2, 0.25) is 65.0 Å². The Labute approximate surface area is 448 Å². The van der Waals surface area contributed by atoms with Gasteiger partial charge in [0.05, 0.1) is 24.9 Å². The Hall–Kier alpha value is -6.15. The number of aliphatic hydroxyl groups is 3. The lowest BCUT2D eigenvalue weighted by Gasteiger charge is -2.28. The molecule has 1 rings (SSSR count). The number of carbonyl (C=O) groups excluding carboxylic acids is 11. The number of amides is 11. The van der Waals surface area contributed by atoms with Crippen LogP contribution in [-0.4, -0.2) is 199 Å². The van der Waals surface area contributed by atoms with Crippen LogP contribution < -0.4 is 87.2 Å². The molecule has 30 nitrogen and oxygen atoms in total. The number of hydrogen-bond acceptors (Lipinski definition) is 19. The molecule has 77 heavy (non-hydrogen) atoms. The number of hydrogen-bond donors (Lipinski definition) is 19. The van der Waals surface area contributed by atoms with E-state index in [0.717, 1.165) is 26.2 Å². The van der Waals surface area contributed by atoms with Crippen LogP contribution in [-0.2, 0) is 52.7 Å². The van der Waals surface area contributed by atoms with E-state index in [-0.39, 0.29) is 71.2 Å². The summed E-state index contributed by atoms with van der Waals surface area (Å²) in [4.78, 5) is 149. The van der Waals surface area contributed by atoms with Gasteiger partial charge in [-0.2, -0.15) is 0 Å². The Kier molecular flexibility index (Phi) is 32.9. The number of nitrogens with one attached hydrogen (secondary N) is 11. The SMILES string of the molecule is CC[C@H](C)CCCCC(=O)N[C@@H](CCN)C(=O)N[C@H](C(=O)N[C@H](CCN)C(=O)N[C@H]1CCNC(=O)[C@H]([C@@H](C)O)NC(=O)[C@H](CCN)NC(=O)[C@H](CCN)NC(=O)[C@H]([C@@H](C)O)NC(=O)CNC(=O)[C@H](CCN)NC1=O)[C@@H](C)O. The molecule has 0 saturated carbocycles. The second-order valence-corrected chi connectivity index (χ2v) is 19.1. The van der Waals surface area contributed by atoms with Crippen molar-refractivity contribution in [3.63, 3.8) is 0 Å². The fraction of sp³-hybridized carbons (Fsp3) is 0.766. The average Bonchev–Trinajstić information content (AvgIpc) is 3.37. The van der Waals surface area contributed by atoms with E-state index in [9.17, 15) is 68.1 Å². The van der Waals surface area contributed by atoms with Crippen molar-refractivity contribution < 1.29 is 68.1 Å². The minimum absolute atomic E-state index is 0.0200. The number of unbranched alkanes of at least 4 members (excludes halogenated alkanes) is 1. The zero-order valence-corrected chi connectivity index (χ0v) is 45.0. The van der Waals surface area contributed by atoms with Crippen molar-refractivity contribution in [3.8, 4) is 0 Å². The van der Waals surface area contributed by atoms with Crippen molar-refractivity contribution in [3.05, 3.63) is 0 Å². The first-order valence-electron chi connectivity index (χ1n) is 26.2. The Balaban J connectivity index is 3.62. The molecule has 0 spiro atoms. The Bertz CT molecular complexity index is 1950. The fourth-order valence-corrected chi connectivity index (χ4v) is 7.72. The zero-order chi connectivity index (χ0) is 58.4. The molecule has 1 aliphatic heterocycles. The quantitative estimate of drug-likeness (QED) is 0.0358. The van der Waals surface area contributed by atoms with E-state index in [2.05, 4.69) is 72.3 Å². The lowest BCUT2D eigenvalue weighted by atomic mass is 10.0. The van der Waals surface area contributed by atoms with E-state index in [1.54, 1.807) is 0 Å². The van der Waals surface area contributed by atoms with Crippen molar-refractivity contribution in [2.24, 2.45) is 34.6 Å². The average molecular weight is 1100 g/mol. The highest BCUT2D eigenvalue weighted by Gasteiger charge is 2.37. The molecule has 0 aromatic heterocycles. The zero-order valence-electron chi connectivity index (χ0n) is 45.0. The largest absolute Gasteiger partial charge is 0.391 e. The summed E-state index contributed by atoms with van der Waals surface area (Å²) >= 11 is 0. The number of carbonyl (C=O) groups is 11. The van der Waals surface area contributed by atoms with Gasteiger partial charge in [0.1, 0.15) is 54.4 Å². The van der Waals surface area contributed by atoms with E-state index in [1.807, 2.05) is 0 Å². The molecule has 0 aromatic carbocycles. The summed E-state index contributed by atoms with van der Waals surface area (Å²) < 4.78 is 0. The van der Waals surface area contributed by atoms with Gasteiger partial charge >= 0.3 is 0 Å². The minimum atomic E-state index is -1.71. The predicted molar refractivity (Wildman–Crippen MR) is 279 cm³/mol. The first kappa shape index (κ1) is 68.9. The van der Waals surface area contributed by atoms with Gasteiger partial charge in [0.15, 0.2) is 0 Å². The summed E-state index contributed by atoms with van der Waals surface area (Å²) in [6.07, 6.45) is -2.69.